The van der Waals surface area contributed by atoms with Crippen molar-refractivity contribution >= 4 is 0 Å². The minimum Gasteiger partial charge on any atom is -0.381 e. The molecule has 2 saturated heterocycles. The molecule has 2 unspecified atom stereocenters. The zero-order valence-corrected chi connectivity index (χ0v) is 17.5. The zero-order chi connectivity index (χ0) is 18.5. The van der Waals surface area contributed by atoms with Crippen molar-refractivity contribution in [3.63, 3.8) is 0 Å². The van der Waals surface area contributed by atoms with Crippen molar-refractivity contribution in [3.05, 3.63) is 0 Å². The molecule has 3 rings (SSSR count). The molecule has 3 aliphatic rings. The van der Waals surface area contributed by atoms with E-state index in [-0.39, 0.29) is 5.66 Å². The van der Waals surface area contributed by atoms with Crippen molar-refractivity contribution in [2.75, 3.05) is 13.2 Å². The van der Waals surface area contributed by atoms with Gasteiger partial charge in [-0.05, 0) is 37.5 Å². The molecule has 2 aliphatic heterocycles. The molecule has 26 heavy (non-hydrogen) atoms. The lowest BCUT2D eigenvalue weighted by Crippen LogP contribution is -2.73. The van der Waals surface area contributed by atoms with E-state index in [1.807, 2.05) is 0 Å². The van der Waals surface area contributed by atoms with Crippen LogP contribution in [-0.4, -0.2) is 37.1 Å². The van der Waals surface area contributed by atoms with Gasteiger partial charge in [-0.1, -0.05) is 65.7 Å². The van der Waals surface area contributed by atoms with Gasteiger partial charge in [0.05, 0.1) is 11.8 Å². The largest absolute Gasteiger partial charge is 0.381 e. The van der Waals surface area contributed by atoms with E-state index in [1.54, 1.807) is 0 Å². The fraction of sp³-hybridized carbons (Fsp3) is 1.00. The van der Waals surface area contributed by atoms with Gasteiger partial charge in [-0.2, -0.15) is 0 Å². The van der Waals surface area contributed by atoms with Gasteiger partial charge in [0.15, 0.2) is 0 Å². The molecule has 152 valence electrons. The summed E-state index contributed by atoms with van der Waals surface area (Å²) in [4.78, 5) is 0. The standard InChI is InChI=1S/C22H43N3O/c1-21(2,3)19-17-20(23-18-11-15-26-16-12-18)25-22(24-19)13-9-7-5-4-6-8-10-14-22/h18-20,23-25H,4-17H2,1-3H3. The monoisotopic (exact) mass is 365 g/mol. The molecule has 4 nitrogen and oxygen atoms in total. The van der Waals surface area contributed by atoms with E-state index >= 15 is 0 Å². The fourth-order valence-corrected chi connectivity index (χ4v) is 5.04. The van der Waals surface area contributed by atoms with Crippen molar-refractivity contribution in [2.45, 2.75) is 122 Å². The Balaban J connectivity index is 1.70. The van der Waals surface area contributed by atoms with E-state index in [1.165, 1.54) is 64.2 Å². The first kappa shape index (κ1) is 20.6. The second-order valence-corrected chi connectivity index (χ2v) is 10.1. The van der Waals surface area contributed by atoms with Crippen LogP contribution in [-0.2, 0) is 4.74 Å². The number of ether oxygens (including phenoxy) is 1. The normalized spacial score (nSPS) is 32.4. The fourth-order valence-electron chi connectivity index (χ4n) is 5.04. The molecule has 0 aromatic carbocycles. The lowest BCUT2D eigenvalue weighted by atomic mass is 9.79. The summed E-state index contributed by atoms with van der Waals surface area (Å²) >= 11 is 0. The van der Waals surface area contributed by atoms with Gasteiger partial charge >= 0.3 is 0 Å². The Labute approximate surface area is 161 Å². The minimum atomic E-state index is 0.121. The van der Waals surface area contributed by atoms with E-state index in [0.717, 1.165) is 26.1 Å². The summed E-state index contributed by atoms with van der Waals surface area (Å²) in [5.74, 6) is 0. The van der Waals surface area contributed by atoms with Crippen LogP contribution in [0.5, 0.6) is 0 Å². The van der Waals surface area contributed by atoms with Crippen molar-refractivity contribution in [2.24, 2.45) is 5.41 Å². The molecule has 0 amide bonds. The van der Waals surface area contributed by atoms with Crippen LogP contribution in [0.1, 0.15) is 97.8 Å². The van der Waals surface area contributed by atoms with Gasteiger partial charge in [-0.15, -0.1) is 0 Å². The smallest absolute Gasteiger partial charge is 0.0701 e. The third-order valence-corrected chi connectivity index (χ3v) is 6.78. The molecular weight excluding hydrogens is 322 g/mol. The predicted molar refractivity (Wildman–Crippen MR) is 109 cm³/mol. The summed E-state index contributed by atoms with van der Waals surface area (Å²) in [5, 5.41) is 12.2. The second kappa shape index (κ2) is 9.36. The highest BCUT2D eigenvalue weighted by Gasteiger charge is 2.42. The summed E-state index contributed by atoms with van der Waals surface area (Å²) in [5.41, 5.74) is 0.413. The Bertz CT molecular complexity index is 404. The van der Waals surface area contributed by atoms with Crippen molar-refractivity contribution in [1.29, 1.82) is 0 Å². The van der Waals surface area contributed by atoms with Gasteiger partial charge in [0.2, 0.25) is 0 Å². The zero-order valence-electron chi connectivity index (χ0n) is 17.5. The van der Waals surface area contributed by atoms with Gasteiger partial charge in [0.25, 0.3) is 0 Å². The first-order chi connectivity index (χ1) is 12.5. The average Bonchev–Trinajstić information content (AvgIpc) is 2.61. The molecule has 3 fully saturated rings. The molecule has 2 atom stereocenters. The molecule has 0 aromatic heterocycles. The van der Waals surface area contributed by atoms with Crippen molar-refractivity contribution in [1.82, 2.24) is 16.0 Å². The lowest BCUT2D eigenvalue weighted by Gasteiger charge is -2.52. The molecule has 4 heteroatoms. The van der Waals surface area contributed by atoms with E-state index in [2.05, 4.69) is 36.7 Å². The Morgan fingerprint density at radius 1 is 0.846 bits per heavy atom. The van der Waals surface area contributed by atoms with Crippen LogP contribution < -0.4 is 16.0 Å². The Kier molecular flexibility index (Phi) is 7.40. The molecule has 0 radical (unpaired) electrons. The topological polar surface area (TPSA) is 45.3 Å². The average molecular weight is 366 g/mol. The molecular formula is C22H43N3O. The van der Waals surface area contributed by atoms with Gasteiger partial charge in [-0.3, -0.25) is 16.0 Å². The highest BCUT2D eigenvalue weighted by atomic mass is 16.5. The van der Waals surface area contributed by atoms with Crippen LogP contribution in [0.4, 0.5) is 0 Å². The van der Waals surface area contributed by atoms with Gasteiger partial charge in [-0.25, -0.2) is 0 Å². The molecule has 0 bridgehead atoms. The number of hydrogen-bond donors (Lipinski definition) is 3. The van der Waals surface area contributed by atoms with Crippen LogP contribution in [0.25, 0.3) is 0 Å². The summed E-state index contributed by atoms with van der Waals surface area (Å²) in [6.45, 7) is 9.02. The van der Waals surface area contributed by atoms with Crippen LogP contribution >= 0.6 is 0 Å². The maximum atomic E-state index is 5.56. The first-order valence-corrected chi connectivity index (χ1v) is 11.4. The van der Waals surface area contributed by atoms with Crippen LogP contribution in [0, 0.1) is 5.41 Å². The summed E-state index contributed by atoms with van der Waals surface area (Å²) in [6, 6.07) is 1.17. The van der Waals surface area contributed by atoms with Gasteiger partial charge < -0.3 is 4.74 Å². The minimum absolute atomic E-state index is 0.121. The number of rotatable bonds is 2. The molecule has 2 heterocycles. The van der Waals surface area contributed by atoms with Crippen LogP contribution in [0.15, 0.2) is 0 Å². The highest BCUT2D eigenvalue weighted by molar-refractivity contribution is 5.00. The summed E-state index contributed by atoms with van der Waals surface area (Å²) in [6.07, 6.45) is 16.2. The first-order valence-electron chi connectivity index (χ1n) is 11.4. The maximum absolute atomic E-state index is 5.56. The predicted octanol–water partition coefficient (Wildman–Crippen LogP) is 4.30. The quantitative estimate of drug-likeness (QED) is 0.683. The Morgan fingerprint density at radius 2 is 1.42 bits per heavy atom. The van der Waals surface area contributed by atoms with Crippen LogP contribution in [0.3, 0.4) is 0 Å². The summed E-state index contributed by atoms with van der Waals surface area (Å²) < 4.78 is 5.56. The van der Waals surface area contributed by atoms with E-state index in [9.17, 15) is 0 Å². The van der Waals surface area contributed by atoms with Crippen molar-refractivity contribution < 1.29 is 4.74 Å². The molecule has 1 saturated carbocycles. The van der Waals surface area contributed by atoms with E-state index in [4.69, 9.17) is 4.74 Å². The number of nitrogens with one attached hydrogen (secondary N) is 3. The number of hydrogen-bond acceptors (Lipinski definition) is 4. The SMILES string of the molecule is CC(C)(C)C1CC(NC2CCOCC2)NC2(CCCCCCCCC2)N1. The summed E-state index contributed by atoms with van der Waals surface area (Å²) in [7, 11) is 0. The molecule has 1 aliphatic carbocycles. The third-order valence-electron chi connectivity index (χ3n) is 6.78. The second-order valence-electron chi connectivity index (χ2n) is 10.1. The molecule has 0 aromatic rings. The lowest BCUT2D eigenvalue weighted by molar-refractivity contribution is 0.0346. The maximum Gasteiger partial charge on any atom is 0.0701 e. The van der Waals surface area contributed by atoms with Crippen LogP contribution in [0.2, 0.25) is 0 Å². The van der Waals surface area contributed by atoms with Crippen molar-refractivity contribution in [3.8, 4) is 0 Å². The van der Waals surface area contributed by atoms with Gasteiger partial charge in [0, 0.05) is 25.3 Å². The van der Waals surface area contributed by atoms with E-state index < -0.39 is 0 Å². The van der Waals surface area contributed by atoms with E-state index in [0.29, 0.717) is 23.7 Å². The third kappa shape index (κ3) is 5.92. The Hall–Kier alpha value is -0.160. The Morgan fingerprint density at radius 3 is 2.00 bits per heavy atom. The molecule has 1 spiro atoms. The highest BCUT2D eigenvalue weighted by Crippen LogP contribution is 2.33. The van der Waals surface area contributed by atoms with Gasteiger partial charge in [0.1, 0.15) is 0 Å². The molecule has 3 N–H and O–H groups in total.